The minimum atomic E-state index is 0.229. The van der Waals surface area contributed by atoms with Gasteiger partial charge in [-0.1, -0.05) is 12.1 Å². The molecule has 1 aromatic heterocycles. The second-order valence-corrected chi connectivity index (χ2v) is 6.48. The van der Waals surface area contributed by atoms with Gasteiger partial charge in [0.1, 0.15) is 24.5 Å². The second kappa shape index (κ2) is 7.98. The third-order valence-corrected chi connectivity index (χ3v) is 4.71. The fraction of sp³-hybridized carbons (Fsp3) is 0.250. The van der Waals surface area contributed by atoms with E-state index in [0.29, 0.717) is 25.3 Å². The van der Waals surface area contributed by atoms with Crippen LogP contribution in [-0.4, -0.2) is 46.3 Å². The number of morpholine rings is 1. The topological polar surface area (TPSA) is 90.4 Å². The van der Waals surface area contributed by atoms with Gasteiger partial charge in [-0.05, 0) is 35.9 Å². The number of nitriles is 1. The number of aromatic hydroxyl groups is 1. The van der Waals surface area contributed by atoms with Gasteiger partial charge in [-0.25, -0.2) is 4.68 Å². The van der Waals surface area contributed by atoms with E-state index in [1.54, 1.807) is 29.5 Å². The molecular weight excluding hydrogens is 356 g/mol. The first-order valence-corrected chi connectivity index (χ1v) is 9.02. The van der Waals surface area contributed by atoms with E-state index in [1.165, 1.54) is 0 Å². The number of nitrogens with zero attached hydrogens (tertiary/aromatic N) is 6. The number of hydrogen-bond donors (Lipinski definition) is 1. The summed E-state index contributed by atoms with van der Waals surface area (Å²) in [5.74, 6) is 0.229. The Bertz CT molecular complexity index is 959. The average molecular weight is 376 g/mol. The minimum Gasteiger partial charge on any atom is -0.508 e. The van der Waals surface area contributed by atoms with Crippen LogP contribution in [0.2, 0.25) is 0 Å². The standard InChI is InChI=1S/C20H20N6O2/c21-12-17-3-4-18(11-20(17)24-7-9-28-10-8-24)26(25-14-22-23-15-25)13-16-1-5-19(27)6-2-16/h1-6,11,14-15,27H,7-10,13H2. The van der Waals surface area contributed by atoms with E-state index >= 15 is 0 Å². The van der Waals surface area contributed by atoms with Crippen LogP contribution in [0.15, 0.2) is 55.1 Å². The molecule has 1 N–H and O–H groups in total. The number of phenols is 1. The summed E-state index contributed by atoms with van der Waals surface area (Å²) in [7, 11) is 0. The molecule has 8 heteroatoms. The first-order valence-electron chi connectivity index (χ1n) is 9.02. The van der Waals surface area contributed by atoms with Gasteiger partial charge in [-0.2, -0.15) is 5.26 Å². The molecule has 4 rings (SSSR count). The molecule has 1 aliphatic heterocycles. The number of ether oxygens (including phenoxy) is 1. The van der Waals surface area contributed by atoms with Crippen LogP contribution in [0.4, 0.5) is 11.4 Å². The van der Waals surface area contributed by atoms with Gasteiger partial charge >= 0.3 is 0 Å². The van der Waals surface area contributed by atoms with E-state index in [-0.39, 0.29) is 5.75 Å². The predicted molar refractivity (Wildman–Crippen MR) is 104 cm³/mol. The lowest BCUT2D eigenvalue weighted by atomic mass is 10.1. The molecule has 3 aromatic rings. The van der Waals surface area contributed by atoms with Crippen molar-refractivity contribution >= 4 is 11.4 Å². The summed E-state index contributed by atoms with van der Waals surface area (Å²) in [6.45, 7) is 3.35. The maximum atomic E-state index is 9.55. The summed E-state index contributed by atoms with van der Waals surface area (Å²) < 4.78 is 7.25. The zero-order chi connectivity index (χ0) is 19.3. The molecule has 2 aromatic carbocycles. The van der Waals surface area contributed by atoms with Crippen molar-refractivity contribution in [1.29, 1.82) is 5.26 Å². The van der Waals surface area contributed by atoms with Crippen LogP contribution in [0, 0.1) is 11.3 Å². The van der Waals surface area contributed by atoms with Crippen molar-refractivity contribution in [2.24, 2.45) is 0 Å². The second-order valence-electron chi connectivity index (χ2n) is 6.48. The zero-order valence-electron chi connectivity index (χ0n) is 15.3. The Morgan fingerprint density at radius 3 is 2.46 bits per heavy atom. The fourth-order valence-corrected chi connectivity index (χ4v) is 3.24. The summed E-state index contributed by atoms with van der Waals surface area (Å²) in [5.41, 5.74) is 3.46. The van der Waals surface area contributed by atoms with Crippen LogP contribution in [0.5, 0.6) is 5.75 Å². The molecule has 0 atom stereocenters. The number of hydrogen-bond acceptors (Lipinski definition) is 7. The van der Waals surface area contributed by atoms with Gasteiger partial charge in [-0.3, -0.25) is 5.01 Å². The van der Waals surface area contributed by atoms with Gasteiger partial charge in [0.05, 0.1) is 36.7 Å². The lowest BCUT2D eigenvalue weighted by molar-refractivity contribution is 0.122. The van der Waals surface area contributed by atoms with Crippen molar-refractivity contribution in [3.63, 3.8) is 0 Å². The van der Waals surface area contributed by atoms with Gasteiger partial charge in [-0.15, -0.1) is 10.2 Å². The summed E-state index contributed by atoms with van der Waals surface area (Å²) in [5, 5.41) is 29.0. The third kappa shape index (κ3) is 3.75. The number of rotatable bonds is 5. The normalized spacial score (nSPS) is 13.9. The van der Waals surface area contributed by atoms with E-state index in [4.69, 9.17) is 4.74 Å². The Kier molecular flexibility index (Phi) is 5.08. The van der Waals surface area contributed by atoms with Crippen molar-refractivity contribution < 1.29 is 9.84 Å². The van der Waals surface area contributed by atoms with Gasteiger partial charge in [0, 0.05) is 13.1 Å². The Hall–Kier alpha value is -3.57. The highest BCUT2D eigenvalue weighted by Gasteiger charge is 2.18. The molecule has 0 unspecified atom stereocenters. The average Bonchev–Trinajstić information content (AvgIpc) is 3.28. The van der Waals surface area contributed by atoms with Crippen LogP contribution in [0.25, 0.3) is 0 Å². The molecule has 1 fully saturated rings. The molecule has 0 bridgehead atoms. The zero-order valence-corrected chi connectivity index (χ0v) is 15.3. The minimum absolute atomic E-state index is 0.229. The first-order chi connectivity index (χ1) is 13.7. The summed E-state index contributed by atoms with van der Waals surface area (Å²) in [6, 6.07) is 15.1. The van der Waals surface area contributed by atoms with E-state index in [0.717, 1.165) is 30.0 Å². The maximum Gasteiger partial charge on any atom is 0.139 e. The highest BCUT2D eigenvalue weighted by molar-refractivity contribution is 5.67. The molecule has 28 heavy (non-hydrogen) atoms. The van der Waals surface area contributed by atoms with Crippen LogP contribution in [0.3, 0.4) is 0 Å². The molecule has 1 aliphatic rings. The van der Waals surface area contributed by atoms with Crippen LogP contribution >= 0.6 is 0 Å². The number of phenolic OH excluding ortho intramolecular Hbond substituents is 1. The highest BCUT2D eigenvalue weighted by atomic mass is 16.5. The van der Waals surface area contributed by atoms with E-state index in [1.807, 2.05) is 35.3 Å². The molecule has 8 nitrogen and oxygen atoms in total. The van der Waals surface area contributed by atoms with Crippen LogP contribution in [-0.2, 0) is 11.3 Å². The van der Waals surface area contributed by atoms with Gasteiger partial charge < -0.3 is 14.7 Å². The number of aromatic nitrogens is 3. The largest absolute Gasteiger partial charge is 0.508 e. The molecule has 142 valence electrons. The molecule has 1 saturated heterocycles. The monoisotopic (exact) mass is 376 g/mol. The molecule has 0 spiro atoms. The van der Waals surface area contributed by atoms with Crippen molar-refractivity contribution in [1.82, 2.24) is 14.9 Å². The molecule has 0 radical (unpaired) electrons. The van der Waals surface area contributed by atoms with Crippen LogP contribution in [0.1, 0.15) is 11.1 Å². The number of anilines is 2. The Labute approximate surface area is 162 Å². The fourth-order valence-electron chi connectivity index (χ4n) is 3.24. The van der Waals surface area contributed by atoms with Gasteiger partial charge in [0.2, 0.25) is 0 Å². The van der Waals surface area contributed by atoms with Crippen molar-refractivity contribution in [2.75, 3.05) is 36.2 Å². The maximum absolute atomic E-state index is 9.55. The van der Waals surface area contributed by atoms with Gasteiger partial charge in [0.25, 0.3) is 0 Å². The van der Waals surface area contributed by atoms with E-state index in [2.05, 4.69) is 21.2 Å². The lowest BCUT2D eigenvalue weighted by Gasteiger charge is -2.31. The molecule has 0 saturated carbocycles. The Morgan fingerprint density at radius 2 is 1.79 bits per heavy atom. The highest BCUT2D eigenvalue weighted by Crippen LogP contribution is 2.29. The SMILES string of the molecule is N#Cc1ccc(N(Cc2ccc(O)cc2)n2cnnc2)cc1N1CCOCC1. The predicted octanol–water partition coefficient (Wildman–Crippen LogP) is 2.16. The summed E-state index contributed by atoms with van der Waals surface area (Å²) in [4.78, 5) is 2.18. The van der Waals surface area contributed by atoms with E-state index < -0.39 is 0 Å². The Morgan fingerprint density at radius 1 is 1.07 bits per heavy atom. The first kappa shape index (κ1) is 17.8. The molecule has 0 aliphatic carbocycles. The van der Waals surface area contributed by atoms with E-state index in [9.17, 15) is 10.4 Å². The van der Waals surface area contributed by atoms with Crippen LogP contribution < -0.4 is 9.91 Å². The third-order valence-electron chi connectivity index (χ3n) is 4.71. The van der Waals surface area contributed by atoms with Crippen molar-refractivity contribution in [2.45, 2.75) is 6.54 Å². The molecule has 0 amide bonds. The Balaban J connectivity index is 1.71. The van der Waals surface area contributed by atoms with Crippen molar-refractivity contribution in [3.8, 4) is 11.8 Å². The van der Waals surface area contributed by atoms with Gasteiger partial charge in [0.15, 0.2) is 0 Å². The summed E-state index contributed by atoms with van der Waals surface area (Å²) in [6.07, 6.45) is 3.26. The summed E-state index contributed by atoms with van der Waals surface area (Å²) >= 11 is 0. The molecule has 2 heterocycles. The number of benzene rings is 2. The quantitative estimate of drug-likeness (QED) is 0.730. The lowest BCUT2D eigenvalue weighted by Crippen LogP contribution is -2.37. The smallest absolute Gasteiger partial charge is 0.139 e. The van der Waals surface area contributed by atoms with Crippen molar-refractivity contribution in [3.05, 3.63) is 66.2 Å². The molecular formula is C20H20N6O2.